The molecule has 0 radical (unpaired) electrons. The Morgan fingerprint density at radius 1 is 0.594 bits per heavy atom. The normalized spacial score (nSPS) is 15.3. The third-order valence-corrected chi connectivity index (χ3v) is 11.2. The molecule has 348 valence electrons. The number of hydrogen-bond donors (Lipinski definition) is 11. The van der Waals surface area contributed by atoms with E-state index in [4.69, 9.17) is 10.8 Å². The summed E-state index contributed by atoms with van der Waals surface area (Å²) in [5.41, 5.74) is 8.96. The van der Waals surface area contributed by atoms with Crippen LogP contribution in [0.3, 0.4) is 0 Å². The molecular weight excluding hydrogens is 823 g/mol. The fourth-order valence-corrected chi connectivity index (χ4v) is 7.40. The molecule has 4 rings (SSSR count). The van der Waals surface area contributed by atoms with Gasteiger partial charge in [0.15, 0.2) is 0 Å². The first kappa shape index (κ1) is 50.4. The molecule has 18 nitrogen and oxygen atoms in total. The van der Waals surface area contributed by atoms with Gasteiger partial charge in [-0.3, -0.25) is 33.6 Å². The van der Waals surface area contributed by atoms with Crippen molar-refractivity contribution in [2.24, 2.45) is 23.5 Å². The molecule has 0 fully saturated rings. The van der Waals surface area contributed by atoms with Crippen LogP contribution in [0.2, 0.25) is 0 Å². The number of aliphatic hydroxyl groups is 1. The Morgan fingerprint density at radius 2 is 1.02 bits per heavy atom. The number of hydrogen-bond acceptors (Lipinski definition) is 9. The third kappa shape index (κ3) is 14.1. The number of H-pyrrole nitrogens is 2. The van der Waals surface area contributed by atoms with Gasteiger partial charge in [0.1, 0.15) is 42.8 Å². The summed E-state index contributed by atoms with van der Waals surface area (Å²) in [4.78, 5) is 101. The summed E-state index contributed by atoms with van der Waals surface area (Å²) in [5, 5.41) is 37.0. The maximum absolute atomic E-state index is 14.6. The minimum Gasteiger partial charge on any atom is -0.480 e. The topological polar surface area (TPSA) is 290 Å². The van der Waals surface area contributed by atoms with Crippen LogP contribution in [0.25, 0.3) is 21.8 Å². The van der Waals surface area contributed by atoms with E-state index in [1.54, 1.807) is 19.3 Å². The molecule has 0 saturated heterocycles. The Hall–Kier alpha value is -6.27. The van der Waals surface area contributed by atoms with Gasteiger partial charge in [0, 0.05) is 47.0 Å². The number of carboxylic acids is 1. The highest BCUT2D eigenvalue weighted by molar-refractivity contribution is 5.98. The fourth-order valence-electron chi connectivity index (χ4n) is 7.40. The van der Waals surface area contributed by atoms with Crippen molar-refractivity contribution in [3.63, 3.8) is 0 Å². The summed E-state index contributed by atoms with van der Waals surface area (Å²) >= 11 is 0. The van der Waals surface area contributed by atoms with E-state index in [0.717, 1.165) is 21.8 Å². The molecule has 0 saturated carbocycles. The van der Waals surface area contributed by atoms with Gasteiger partial charge in [0.25, 0.3) is 0 Å². The lowest BCUT2D eigenvalue weighted by Crippen LogP contribution is -2.61. The molecule has 0 aliphatic heterocycles. The first-order valence-electron chi connectivity index (χ1n) is 21.8. The zero-order valence-electron chi connectivity index (χ0n) is 37.6. The number of aliphatic hydroxyl groups excluding tert-OH is 1. The number of benzene rings is 2. The predicted octanol–water partition coefficient (Wildman–Crippen LogP) is 1.91. The van der Waals surface area contributed by atoms with Gasteiger partial charge >= 0.3 is 5.97 Å². The summed E-state index contributed by atoms with van der Waals surface area (Å²) in [6.45, 7) is 11.7. The standard InChI is InChI=1S/C46H65N9O9/c1-8-26(6)40(46(64)54-34(17-24(2)3)41(59)50-23-38(57)58)55-44(62)35(18-25(4)5)51-42(60)36(19-28-21-48-32-15-11-9-13-30(28)32)52-43(61)37(53-45(63)39(47)27(7)56)20-29-22-49-33-16-12-10-14-31(29)33/h9-16,21-22,24-27,34-37,39-40,48-49,56H,8,17-20,23,47H2,1-7H3,(H,50,59)(H,51,60)(H,52,61)(H,53,63)(H,54,64)(H,55,62)(H,57,58)/t26-,27+,34-,35-,36-,37-,39-,40-/m0/s1. The SMILES string of the molecule is CC[C@H](C)[C@H](NC(=O)[C@H](CC(C)C)NC(=O)[C@H](Cc1c[nH]c2ccccc12)NC(=O)[C@H](Cc1c[nH]c2ccccc12)NC(=O)[C@@H](N)[C@@H](C)O)C(=O)N[C@@H](CC(C)C)C(=O)NCC(=O)O. The zero-order chi connectivity index (χ0) is 47.2. The second-order valence-electron chi connectivity index (χ2n) is 17.4. The molecule has 64 heavy (non-hydrogen) atoms. The molecule has 0 bridgehead atoms. The van der Waals surface area contributed by atoms with Crippen LogP contribution in [0, 0.1) is 17.8 Å². The summed E-state index contributed by atoms with van der Waals surface area (Å²) < 4.78 is 0. The number of aromatic nitrogens is 2. The van der Waals surface area contributed by atoms with Crippen molar-refractivity contribution in [1.82, 2.24) is 41.9 Å². The Balaban J connectivity index is 1.65. The summed E-state index contributed by atoms with van der Waals surface area (Å²) in [7, 11) is 0. The van der Waals surface area contributed by atoms with E-state index in [2.05, 4.69) is 41.9 Å². The number of para-hydroxylation sites is 2. The highest BCUT2D eigenvalue weighted by atomic mass is 16.4. The van der Waals surface area contributed by atoms with Gasteiger partial charge in [0.2, 0.25) is 35.4 Å². The zero-order valence-corrected chi connectivity index (χ0v) is 37.6. The molecule has 4 aromatic rings. The number of nitrogens with two attached hydrogens (primary N) is 1. The second-order valence-corrected chi connectivity index (χ2v) is 17.4. The average Bonchev–Trinajstić information content (AvgIpc) is 3.86. The molecule has 18 heteroatoms. The van der Waals surface area contributed by atoms with Gasteiger partial charge in [-0.25, -0.2) is 0 Å². The number of aliphatic carboxylic acids is 1. The Morgan fingerprint density at radius 3 is 1.47 bits per heavy atom. The molecule has 12 N–H and O–H groups in total. The van der Waals surface area contributed by atoms with Crippen LogP contribution >= 0.6 is 0 Å². The minimum atomic E-state index is -1.35. The monoisotopic (exact) mass is 887 g/mol. The van der Waals surface area contributed by atoms with Crippen LogP contribution in [-0.4, -0.2) is 110 Å². The van der Waals surface area contributed by atoms with Crippen LogP contribution in [-0.2, 0) is 46.4 Å². The van der Waals surface area contributed by atoms with Gasteiger partial charge in [-0.2, -0.15) is 0 Å². The van der Waals surface area contributed by atoms with E-state index in [-0.39, 0.29) is 37.5 Å². The Bertz CT molecular complexity index is 2250. The van der Waals surface area contributed by atoms with Crippen LogP contribution in [0.15, 0.2) is 60.9 Å². The van der Waals surface area contributed by atoms with Gasteiger partial charge in [-0.15, -0.1) is 0 Å². The molecule has 8 atom stereocenters. The van der Waals surface area contributed by atoms with Gasteiger partial charge in [-0.1, -0.05) is 84.4 Å². The molecule has 0 aliphatic carbocycles. The Kier molecular flexibility index (Phi) is 18.4. The first-order chi connectivity index (χ1) is 30.3. The highest BCUT2D eigenvalue weighted by Crippen LogP contribution is 2.22. The van der Waals surface area contributed by atoms with Crippen molar-refractivity contribution in [3.8, 4) is 0 Å². The number of carbonyl (C=O) groups excluding carboxylic acids is 6. The maximum atomic E-state index is 14.6. The van der Waals surface area contributed by atoms with Crippen LogP contribution in [0.5, 0.6) is 0 Å². The van der Waals surface area contributed by atoms with Crippen molar-refractivity contribution in [1.29, 1.82) is 0 Å². The summed E-state index contributed by atoms with van der Waals surface area (Å²) in [6.07, 6.45) is 2.99. The first-order valence-corrected chi connectivity index (χ1v) is 21.8. The van der Waals surface area contributed by atoms with Crippen LogP contribution in [0.4, 0.5) is 0 Å². The number of carboxylic acid groups (broad SMARTS) is 1. The highest BCUT2D eigenvalue weighted by Gasteiger charge is 2.36. The molecule has 0 spiro atoms. The van der Waals surface area contributed by atoms with E-state index in [1.165, 1.54) is 6.92 Å². The number of carbonyl (C=O) groups is 7. The van der Waals surface area contributed by atoms with Gasteiger partial charge < -0.3 is 57.8 Å². The van der Waals surface area contributed by atoms with E-state index < -0.39 is 96.2 Å². The predicted molar refractivity (Wildman–Crippen MR) is 242 cm³/mol. The van der Waals surface area contributed by atoms with Crippen molar-refractivity contribution < 1.29 is 43.8 Å². The van der Waals surface area contributed by atoms with Crippen molar-refractivity contribution in [2.45, 2.75) is 123 Å². The molecule has 0 unspecified atom stereocenters. The maximum Gasteiger partial charge on any atom is 0.322 e. The minimum absolute atomic E-state index is 0.00771. The second kappa shape index (κ2) is 23.4. The lowest BCUT2D eigenvalue weighted by Gasteiger charge is -2.30. The smallest absolute Gasteiger partial charge is 0.322 e. The lowest BCUT2D eigenvalue weighted by atomic mass is 9.95. The largest absolute Gasteiger partial charge is 0.480 e. The molecule has 2 aromatic heterocycles. The number of fused-ring (bicyclic) bond motifs is 2. The molecule has 0 aliphatic rings. The summed E-state index contributed by atoms with van der Waals surface area (Å²) in [5.74, 6) is -6.09. The quantitative estimate of drug-likeness (QED) is 0.0486. The van der Waals surface area contributed by atoms with Gasteiger partial charge in [0.05, 0.1) is 6.10 Å². The number of amides is 6. The summed E-state index contributed by atoms with van der Waals surface area (Å²) in [6, 6.07) is 7.53. The third-order valence-electron chi connectivity index (χ3n) is 11.2. The Labute approximate surface area is 373 Å². The molecule has 2 heterocycles. The molecule has 6 amide bonds. The van der Waals surface area contributed by atoms with Gasteiger partial charge in [-0.05, 0) is 60.8 Å². The van der Waals surface area contributed by atoms with E-state index in [1.807, 2.05) is 83.1 Å². The molecule has 2 aromatic carbocycles. The van der Waals surface area contributed by atoms with Crippen molar-refractivity contribution in [2.75, 3.05) is 6.54 Å². The van der Waals surface area contributed by atoms with Crippen molar-refractivity contribution >= 4 is 63.2 Å². The van der Waals surface area contributed by atoms with E-state index >= 15 is 0 Å². The number of nitrogens with one attached hydrogen (secondary N) is 8. The molecular formula is C46H65N9O9. The number of aromatic amines is 2. The lowest BCUT2D eigenvalue weighted by molar-refractivity contribution is -0.139. The van der Waals surface area contributed by atoms with Crippen molar-refractivity contribution in [3.05, 3.63) is 72.1 Å². The average molecular weight is 888 g/mol. The van der Waals surface area contributed by atoms with Crippen LogP contribution < -0.4 is 37.6 Å². The van der Waals surface area contributed by atoms with E-state index in [9.17, 15) is 38.7 Å². The number of rotatable bonds is 24. The van der Waals surface area contributed by atoms with E-state index in [0.29, 0.717) is 17.5 Å². The fraction of sp³-hybridized carbons (Fsp3) is 0.500. The van der Waals surface area contributed by atoms with Crippen LogP contribution in [0.1, 0.15) is 78.9 Å².